The second-order valence-electron chi connectivity index (χ2n) is 5.34. The highest BCUT2D eigenvalue weighted by molar-refractivity contribution is 5.99. The van der Waals surface area contributed by atoms with Gasteiger partial charge in [0.05, 0.1) is 12.1 Å². The number of carboxylic acids is 3. The zero-order chi connectivity index (χ0) is 17.4. The molecule has 23 heavy (non-hydrogen) atoms. The Morgan fingerprint density at radius 2 is 1.57 bits per heavy atom. The Morgan fingerprint density at radius 3 is 2.00 bits per heavy atom. The largest absolute Gasteiger partial charge is 0.480 e. The SMILES string of the molecule is N[C@]1(C(=O)O)C[C@@H](C(=O)O)N(C(=O)c2ccc(C(=O)O)cc2)C1. The highest BCUT2D eigenvalue weighted by Gasteiger charge is 2.51. The summed E-state index contributed by atoms with van der Waals surface area (Å²) < 4.78 is 0. The number of amides is 1. The van der Waals surface area contributed by atoms with Gasteiger partial charge in [-0.05, 0) is 24.3 Å². The number of hydrogen-bond donors (Lipinski definition) is 4. The zero-order valence-electron chi connectivity index (χ0n) is 11.8. The maximum absolute atomic E-state index is 12.4. The first-order valence-corrected chi connectivity index (χ1v) is 6.55. The summed E-state index contributed by atoms with van der Waals surface area (Å²) in [5.74, 6) is -4.63. The van der Waals surface area contributed by atoms with Crippen molar-refractivity contribution in [3.63, 3.8) is 0 Å². The lowest BCUT2D eigenvalue weighted by molar-refractivity contribution is -0.143. The van der Waals surface area contributed by atoms with Crippen LogP contribution in [0.15, 0.2) is 24.3 Å². The number of carboxylic acid groups (broad SMARTS) is 3. The van der Waals surface area contributed by atoms with Crippen LogP contribution >= 0.6 is 0 Å². The predicted octanol–water partition coefficient (Wildman–Crippen LogP) is -0.534. The molecule has 0 unspecified atom stereocenters. The molecular weight excluding hydrogens is 308 g/mol. The van der Waals surface area contributed by atoms with Crippen LogP contribution in [0.5, 0.6) is 0 Å². The fraction of sp³-hybridized carbons (Fsp3) is 0.286. The van der Waals surface area contributed by atoms with E-state index in [1.54, 1.807) is 0 Å². The van der Waals surface area contributed by atoms with Gasteiger partial charge in [0.25, 0.3) is 5.91 Å². The molecule has 0 radical (unpaired) electrons. The van der Waals surface area contributed by atoms with Crippen molar-refractivity contribution in [2.24, 2.45) is 5.73 Å². The van der Waals surface area contributed by atoms with Crippen molar-refractivity contribution < 1.29 is 34.5 Å². The first-order valence-electron chi connectivity index (χ1n) is 6.55. The maximum atomic E-state index is 12.4. The van der Waals surface area contributed by atoms with E-state index in [9.17, 15) is 24.3 Å². The fourth-order valence-electron chi connectivity index (χ4n) is 2.44. The van der Waals surface area contributed by atoms with E-state index < -0.39 is 48.4 Å². The molecule has 5 N–H and O–H groups in total. The van der Waals surface area contributed by atoms with E-state index in [4.69, 9.17) is 15.9 Å². The Labute approximate surface area is 129 Å². The molecule has 0 bridgehead atoms. The van der Waals surface area contributed by atoms with Crippen LogP contribution in [0.4, 0.5) is 0 Å². The summed E-state index contributed by atoms with van der Waals surface area (Å²) in [6.45, 7) is -0.446. The van der Waals surface area contributed by atoms with Gasteiger partial charge in [-0.1, -0.05) is 0 Å². The number of nitrogens with two attached hydrogens (primary N) is 1. The Morgan fingerprint density at radius 1 is 1.04 bits per heavy atom. The van der Waals surface area contributed by atoms with Crippen LogP contribution in [0.2, 0.25) is 0 Å². The van der Waals surface area contributed by atoms with Crippen molar-refractivity contribution in [1.82, 2.24) is 4.90 Å². The van der Waals surface area contributed by atoms with E-state index in [1.807, 2.05) is 0 Å². The van der Waals surface area contributed by atoms with Crippen LogP contribution in [-0.2, 0) is 9.59 Å². The van der Waals surface area contributed by atoms with E-state index in [1.165, 1.54) is 24.3 Å². The first kappa shape index (κ1) is 16.4. The zero-order valence-corrected chi connectivity index (χ0v) is 11.8. The topological polar surface area (TPSA) is 158 Å². The number of rotatable bonds is 4. The molecule has 0 aromatic heterocycles. The third-order valence-electron chi connectivity index (χ3n) is 3.74. The first-order chi connectivity index (χ1) is 10.7. The van der Waals surface area contributed by atoms with Gasteiger partial charge in [0.2, 0.25) is 0 Å². The van der Waals surface area contributed by atoms with Crippen molar-refractivity contribution in [2.45, 2.75) is 18.0 Å². The summed E-state index contributed by atoms with van der Waals surface area (Å²) in [7, 11) is 0. The van der Waals surface area contributed by atoms with Gasteiger partial charge in [0.1, 0.15) is 11.6 Å². The lowest BCUT2D eigenvalue weighted by atomic mass is 9.98. The van der Waals surface area contributed by atoms with Gasteiger partial charge in [-0.25, -0.2) is 9.59 Å². The quantitative estimate of drug-likeness (QED) is 0.575. The molecule has 1 aromatic rings. The Balaban J connectivity index is 2.31. The summed E-state index contributed by atoms with van der Waals surface area (Å²) in [4.78, 5) is 46.6. The fourth-order valence-corrected chi connectivity index (χ4v) is 2.44. The minimum Gasteiger partial charge on any atom is -0.480 e. The van der Waals surface area contributed by atoms with Crippen LogP contribution in [-0.4, -0.2) is 62.2 Å². The molecule has 1 fully saturated rings. The summed E-state index contributed by atoms with van der Waals surface area (Å²) >= 11 is 0. The Bertz CT molecular complexity index is 685. The molecule has 9 heteroatoms. The molecule has 1 heterocycles. The molecule has 0 aliphatic carbocycles. The highest BCUT2D eigenvalue weighted by atomic mass is 16.4. The number of carbonyl (C=O) groups excluding carboxylic acids is 1. The van der Waals surface area contributed by atoms with Gasteiger partial charge in [-0.15, -0.1) is 0 Å². The normalized spacial score (nSPS) is 23.5. The van der Waals surface area contributed by atoms with Crippen LogP contribution in [0, 0.1) is 0 Å². The average molecular weight is 322 g/mol. The lowest BCUT2D eigenvalue weighted by Gasteiger charge is -2.22. The van der Waals surface area contributed by atoms with Crippen molar-refractivity contribution >= 4 is 23.8 Å². The third-order valence-corrected chi connectivity index (χ3v) is 3.74. The number of aliphatic carboxylic acids is 2. The molecule has 1 aromatic carbocycles. The highest BCUT2D eigenvalue weighted by Crippen LogP contribution is 2.27. The molecule has 0 saturated carbocycles. The van der Waals surface area contributed by atoms with Gasteiger partial charge in [-0.2, -0.15) is 0 Å². The van der Waals surface area contributed by atoms with Crippen LogP contribution in [0.1, 0.15) is 27.1 Å². The van der Waals surface area contributed by atoms with Crippen molar-refractivity contribution in [2.75, 3.05) is 6.54 Å². The van der Waals surface area contributed by atoms with Crippen LogP contribution in [0.25, 0.3) is 0 Å². The standard InChI is InChI=1S/C14H14N2O7/c15-14(13(22)23)5-9(12(20)21)16(6-14)10(17)7-1-3-8(4-2-7)11(18)19/h1-4,9H,5-6,15H2,(H,18,19)(H,20,21)(H,22,23)/t9-,14+/m0/s1. The minimum absolute atomic E-state index is 0.0311. The Hall–Kier alpha value is -2.94. The lowest BCUT2D eigenvalue weighted by Crippen LogP contribution is -2.50. The average Bonchev–Trinajstić information content (AvgIpc) is 2.86. The second kappa shape index (κ2) is 5.69. The van der Waals surface area contributed by atoms with Gasteiger partial charge < -0.3 is 26.0 Å². The number of aromatic carboxylic acids is 1. The summed E-state index contributed by atoms with van der Waals surface area (Å²) in [5, 5.41) is 27.1. The van der Waals surface area contributed by atoms with E-state index >= 15 is 0 Å². The van der Waals surface area contributed by atoms with E-state index in [0.29, 0.717) is 0 Å². The van der Waals surface area contributed by atoms with Gasteiger partial charge in [-0.3, -0.25) is 9.59 Å². The monoisotopic (exact) mass is 322 g/mol. The number of nitrogens with zero attached hydrogens (tertiary/aromatic N) is 1. The predicted molar refractivity (Wildman–Crippen MR) is 75.0 cm³/mol. The molecule has 122 valence electrons. The number of likely N-dealkylation sites (tertiary alicyclic amines) is 1. The van der Waals surface area contributed by atoms with E-state index in [0.717, 1.165) is 4.90 Å². The third kappa shape index (κ3) is 2.99. The van der Waals surface area contributed by atoms with E-state index in [2.05, 4.69) is 0 Å². The molecule has 1 amide bonds. The molecule has 9 nitrogen and oxygen atoms in total. The molecule has 2 rings (SSSR count). The van der Waals surface area contributed by atoms with E-state index in [-0.39, 0.29) is 11.1 Å². The van der Waals surface area contributed by atoms with Crippen molar-refractivity contribution in [3.8, 4) is 0 Å². The summed E-state index contributed by atoms with van der Waals surface area (Å²) in [6, 6.07) is 3.52. The van der Waals surface area contributed by atoms with Gasteiger partial charge in [0, 0.05) is 12.0 Å². The summed E-state index contributed by atoms with van der Waals surface area (Å²) in [6.07, 6.45) is -0.406. The Kier molecular flexibility index (Phi) is 4.06. The molecule has 1 aliphatic rings. The molecule has 1 aliphatic heterocycles. The summed E-state index contributed by atoms with van der Waals surface area (Å²) in [5.41, 5.74) is 3.85. The van der Waals surface area contributed by atoms with Crippen molar-refractivity contribution in [3.05, 3.63) is 35.4 Å². The smallest absolute Gasteiger partial charge is 0.335 e. The number of benzene rings is 1. The minimum atomic E-state index is -1.83. The molecule has 2 atom stereocenters. The second-order valence-corrected chi connectivity index (χ2v) is 5.34. The van der Waals surface area contributed by atoms with Gasteiger partial charge in [0.15, 0.2) is 0 Å². The maximum Gasteiger partial charge on any atom is 0.335 e. The molecule has 0 spiro atoms. The molecular formula is C14H14N2O7. The molecule has 1 saturated heterocycles. The van der Waals surface area contributed by atoms with Crippen LogP contribution in [0.3, 0.4) is 0 Å². The number of carbonyl (C=O) groups is 4. The van der Waals surface area contributed by atoms with Gasteiger partial charge >= 0.3 is 17.9 Å². The van der Waals surface area contributed by atoms with Crippen LogP contribution < -0.4 is 5.73 Å². The van der Waals surface area contributed by atoms with Crippen molar-refractivity contribution in [1.29, 1.82) is 0 Å². The number of hydrogen-bond acceptors (Lipinski definition) is 5.